The first-order valence-electron chi connectivity index (χ1n) is 6.49. The van der Waals surface area contributed by atoms with Crippen LogP contribution in [-0.4, -0.2) is 17.6 Å². The van der Waals surface area contributed by atoms with Gasteiger partial charge in [0.1, 0.15) is 5.75 Å². The number of aryl methyl sites for hydroxylation is 1. The van der Waals surface area contributed by atoms with Crippen molar-refractivity contribution in [3.63, 3.8) is 0 Å². The number of carbonyl (C=O) groups is 1. The summed E-state index contributed by atoms with van der Waals surface area (Å²) >= 11 is 0. The molecule has 0 aliphatic carbocycles. The summed E-state index contributed by atoms with van der Waals surface area (Å²) < 4.78 is 0. The lowest BCUT2D eigenvalue weighted by atomic mass is 9.95. The number of amides is 1. The molecule has 0 spiro atoms. The van der Waals surface area contributed by atoms with Gasteiger partial charge in [0.05, 0.1) is 0 Å². The number of fused-ring (bicyclic) bond motifs is 1. The predicted octanol–water partition coefficient (Wildman–Crippen LogP) is 3.12. The Morgan fingerprint density at radius 1 is 1.44 bits per heavy atom. The topological polar surface area (TPSA) is 40.5 Å². The molecule has 1 atom stereocenters. The van der Waals surface area contributed by atoms with Gasteiger partial charge in [-0.15, -0.1) is 0 Å². The smallest absolute Gasteiger partial charge is 0.229 e. The van der Waals surface area contributed by atoms with Crippen molar-refractivity contribution in [1.82, 2.24) is 0 Å². The Kier molecular flexibility index (Phi) is 3.09. The van der Waals surface area contributed by atoms with Crippen LogP contribution in [0.4, 0.5) is 5.69 Å². The van der Waals surface area contributed by atoms with E-state index in [-0.39, 0.29) is 17.7 Å². The van der Waals surface area contributed by atoms with Gasteiger partial charge in [-0.2, -0.15) is 0 Å². The Balaban J connectivity index is 2.57. The number of hydrogen-bond donors (Lipinski definition) is 1. The molecule has 1 aromatic rings. The van der Waals surface area contributed by atoms with Crippen molar-refractivity contribution in [2.45, 2.75) is 40.5 Å². The number of anilines is 1. The molecule has 18 heavy (non-hydrogen) atoms. The molecule has 0 radical (unpaired) electrons. The molecule has 1 aromatic carbocycles. The largest absolute Gasteiger partial charge is 0.507 e. The lowest BCUT2D eigenvalue weighted by Gasteiger charge is -2.20. The fourth-order valence-corrected chi connectivity index (χ4v) is 2.80. The highest BCUT2D eigenvalue weighted by Crippen LogP contribution is 2.43. The third kappa shape index (κ3) is 1.78. The van der Waals surface area contributed by atoms with Crippen LogP contribution in [0.25, 0.3) is 0 Å². The van der Waals surface area contributed by atoms with Gasteiger partial charge < -0.3 is 10.0 Å². The van der Waals surface area contributed by atoms with Crippen LogP contribution in [0.5, 0.6) is 5.75 Å². The van der Waals surface area contributed by atoms with Gasteiger partial charge in [-0.1, -0.05) is 20.8 Å². The Morgan fingerprint density at radius 2 is 2.06 bits per heavy atom. The summed E-state index contributed by atoms with van der Waals surface area (Å²) in [5.74, 6) is 0.802. The van der Waals surface area contributed by atoms with Crippen LogP contribution in [-0.2, 0) is 4.79 Å². The van der Waals surface area contributed by atoms with Crippen LogP contribution in [0, 0.1) is 19.8 Å². The molecule has 0 saturated carbocycles. The zero-order valence-electron chi connectivity index (χ0n) is 11.7. The van der Waals surface area contributed by atoms with Gasteiger partial charge in [0, 0.05) is 24.1 Å². The molecule has 98 valence electrons. The number of aromatic hydroxyl groups is 1. The van der Waals surface area contributed by atoms with E-state index in [1.54, 1.807) is 0 Å². The summed E-state index contributed by atoms with van der Waals surface area (Å²) in [6, 6.07) is 1.93. The van der Waals surface area contributed by atoms with Gasteiger partial charge in [0.25, 0.3) is 0 Å². The number of nitrogens with zero attached hydrogens (tertiary/aromatic N) is 1. The fraction of sp³-hybridized carbons (Fsp3) is 0.533. The van der Waals surface area contributed by atoms with Crippen LogP contribution in [0.1, 0.15) is 43.4 Å². The number of hydrogen-bond acceptors (Lipinski definition) is 2. The maximum Gasteiger partial charge on any atom is 0.229 e. The average molecular weight is 247 g/mol. The maximum absolute atomic E-state index is 12.2. The minimum atomic E-state index is -0.00225. The van der Waals surface area contributed by atoms with Gasteiger partial charge in [-0.05, 0) is 36.6 Å². The van der Waals surface area contributed by atoms with Gasteiger partial charge in [0.2, 0.25) is 5.91 Å². The first-order chi connectivity index (χ1) is 8.34. The van der Waals surface area contributed by atoms with E-state index < -0.39 is 0 Å². The summed E-state index contributed by atoms with van der Waals surface area (Å²) in [5, 5.41) is 10.0. The Morgan fingerprint density at radius 3 is 2.61 bits per heavy atom. The maximum atomic E-state index is 12.2. The highest BCUT2D eigenvalue weighted by molar-refractivity contribution is 5.97. The molecule has 0 fully saturated rings. The van der Waals surface area contributed by atoms with Gasteiger partial charge in [-0.25, -0.2) is 0 Å². The molecule has 0 saturated heterocycles. The zero-order chi connectivity index (χ0) is 13.6. The average Bonchev–Trinajstić information content (AvgIpc) is 2.62. The summed E-state index contributed by atoms with van der Waals surface area (Å²) in [6.07, 6.45) is 0. The van der Waals surface area contributed by atoms with Gasteiger partial charge >= 0.3 is 0 Å². The van der Waals surface area contributed by atoms with Crippen molar-refractivity contribution in [2.24, 2.45) is 5.92 Å². The van der Waals surface area contributed by atoms with Gasteiger partial charge in [-0.3, -0.25) is 4.79 Å². The predicted molar refractivity (Wildman–Crippen MR) is 73.2 cm³/mol. The number of carbonyl (C=O) groups excluding carboxylic acids is 1. The van der Waals surface area contributed by atoms with E-state index in [4.69, 9.17) is 0 Å². The van der Waals surface area contributed by atoms with Crippen molar-refractivity contribution in [1.29, 1.82) is 0 Å². The van der Waals surface area contributed by atoms with Crippen molar-refractivity contribution < 1.29 is 9.90 Å². The van der Waals surface area contributed by atoms with Crippen molar-refractivity contribution in [3.05, 3.63) is 22.8 Å². The van der Waals surface area contributed by atoms with Crippen LogP contribution < -0.4 is 4.90 Å². The number of benzene rings is 1. The van der Waals surface area contributed by atoms with Crippen LogP contribution in [0.3, 0.4) is 0 Å². The number of phenols is 1. The van der Waals surface area contributed by atoms with E-state index in [0.717, 1.165) is 28.9 Å². The highest BCUT2D eigenvalue weighted by atomic mass is 16.3. The molecule has 2 rings (SSSR count). The third-order valence-corrected chi connectivity index (χ3v) is 3.76. The minimum Gasteiger partial charge on any atom is -0.507 e. The second-order valence-corrected chi connectivity index (χ2v) is 5.60. The van der Waals surface area contributed by atoms with E-state index >= 15 is 0 Å². The van der Waals surface area contributed by atoms with E-state index in [1.165, 1.54) is 0 Å². The number of phenolic OH excluding ortho intramolecular Hbond substituents is 1. The van der Waals surface area contributed by atoms with E-state index in [0.29, 0.717) is 5.75 Å². The number of rotatable bonds is 1. The Bertz CT molecular complexity index is 506. The third-order valence-electron chi connectivity index (χ3n) is 3.76. The van der Waals surface area contributed by atoms with Crippen LogP contribution in [0.2, 0.25) is 0 Å². The Labute approximate surface area is 108 Å². The molecule has 1 amide bonds. The monoisotopic (exact) mass is 247 g/mol. The molecule has 0 bridgehead atoms. The van der Waals surface area contributed by atoms with Crippen LogP contribution >= 0.6 is 0 Å². The van der Waals surface area contributed by atoms with Gasteiger partial charge in [0.15, 0.2) is 0 Å². The lowest BCUT2D eigenvalue weighted by molar-refractivity contribution is -0.121. The highest BCUT2D eigenvalue weighted by Gasteiger charge is 2.33. The molecule has 1 aliphatic heterocycles. The SMILES string of the molecule is Cc1cc2c(c(C)c1O)C(C)CN2C(=O)C(C)C. The second kappa shape index (κ2) is 4.30. The summed E-state index contributed by atoms with van der Waals surface area (Å²) in [5.41, 5.74) is 3.85. The molecule has 3 nitrogen and oxygen atoms in total. The minimum absolute atomic E-state index is 0.00225. The van der Waals surface area contributed by atoms with Crippen molar-refractivity contribution >= 4 is 11.6 Å². The molecule has 3 heteroatoms. The molecule has 1 N–H and O–H groups in total. The molecule has 1 unspecified atom stereocenters. The first-order valence-corrected chi connectivity index (χ1v) is 6.49. The van der Waals surface area contributed by atoms with Crippen molar-refractivity contribution in [2.75, 3.05) is 11.4 Å². The normalized spacial score (nSPS) is 18.3. The lowest BCUT2D eigenvalue weighted by Crippen LogP contribution is -2.33. The quantitative estimate of drug-likeness (QED) is 0.828. The van der Waals surface area contributed by atoms with E-state index in [9.17, 15) is 9.90 Å². The molecule has 1 heterocycles. The standard InChI is InChI=1S/C15H21NO2/c1-8(2)15(18)16-7-10(4)13-11(5)14(17)9(3)6-12(13)16/h6,8,10,17H,7H2,1-5H3. The summed E-state index contributed by atoms with van der Waals surface area (Å²) in [6.45, 7) is 10.5. The summed E-state index contributed by atoms with van der Waals surface area (Å²) in [7, 11) is 0. The molecular formula is C15H21NO2. The van der Waals surface area contributed by atoms with Crippen LogP contribution in [0.15, 0.2) is 6.07 Å². The second-order valence-electron chi connectivity index (χ2n) is 5.60. The first kappa shape index (κ1) is 12.9. The molecule has 0 aromatic heterocycles. The Hall–Kier alpha value is -1.51. The van der Waals surface area contributed by atoms with E-state index in [1.807, 2.05) is 38.7 Å². The van der Waals surface area contributed by atoms with E-state index in [2.05, 4.69) is 6.92 Å². The molecule has 1 aliphatic rings. The summed E-state index contributed by atoms with van der Waals surface area (Å²) in [4.78, 5) is 14.1. The fourth-order valence-electron chi connectivity index (χ4n) is 2.80. The zero-order valence-corrected chi connectivity index (χ0v) is 11.7. The van der Waals surface area contributed by atoms with Crippen molar-refractivity contribution in [3.8, 4) is 5.75 Å². The molecular weight excluding hydrogens is 226 g/mol.